The van der Waals surface area contributed by atoms with Crippen molar-refractivity contribution in [3.63, 3.8) is 0 Å². The van der Waals surface area contributed by atoms with E-state index in [1.54, 1.807) is 16.0 Å². The van der Waals surface area contributed by atoms with Crippen LogP contribution in [-0.4, -0.2) is 15.6 Å². The second kappa shape index (κ2) is 5.14. The molecule has 5 heteroatoms. The second-order valence-electron chi connectivity index (χ2n) is 3.79. The SMILES string of the molecule is CCc1cc(C(=O)Cc2sccc2Br)n(C)n1. The minimum Gasteiger partial charge on any atom is -0.292 e. The van der Waals surface area contributed by atoms with Crippen molar-refractivity contribution in [2.75, 3.05) is 0 Å². The lowest BCUT2D eigenvalue weighted by molar-refractivity contribution is 0.0984. The molecule has 2 heterocycles. The Morgan fingerprint density at radius 1 is 1.59 bits per heavy atom. The third-order valence-corrected chi connectivity index (χ3v) is 4.52. The van der Waals surface area contributed by atoms with Crippen LogP contribution in [-0.2, 0) is 19.9 Å². The van der Waals surface area contributed by atoms with Gasteiger partial charge in [0.15, 0.2) is 5.78 Å². The van der Waals surface area contributed by atoms with Crippen LogP contribution in [0.1, 0.15) is 28.0 Å². The van der Waals surface area contributed by atoms with E-state index in [1.165, 1.54) is 0 Å². The largest absolute Gasteiger partial charge is 0.292 e. The number of nitrogens with zero attached hydrogens (tertiary/aromatic N) is 2. The maximum atomic E-state index is 12.1. The van der Waals surface area contributed by atoms with Crippen molar-refractivity contribution >= 4 is 33.0 Å². The van der Waals surface area contributed by atoms with E-state index in [0.29, 0.717) is 12.1 Å². The van der Waals surface area contributed by atoms with Crippen molar-refractivity contribution in [2.24, 2.45) is 7.05 Å². The van der Waals surface area contributed by atoms with Crippen molar-refractivity contribution < 1.29 is 4.79 Å². The number of aromatic nitrogens is 2. The van der Waals surface area contributed by atoms with Gasteiger partial charge in [0.25, 0.3) is 0 Å². The first-order valence-corrected chi connectivity index (χ1v) is 7.07. The van der Waals surface area contributed by atoms with Crippen molar-refractivity contribution in [1.82, 2.24) is 9.78 Å². The van der Waals surface area contributed by atoms with Gasteiger partial charge < -0.3 is 0 Å². The van der Waals surface area contributed by atoms with Gasteiger partial charge in [0.05, 0.1) is 5.69 Å². The smallest absolute Gasteiger partial charge is 0.186 e. The summed E-state index contributed by atoms with van der Waals surface area (Å²) in [5.41, 5.74) is 1.64. The molecule has 0 amide bonds. The van der Waals surface area contributed by atoms with Gasteiger partial charge in [0.1, 0.15) is 5.69 Å². The molecule has 3 nitrogen and oxygen atoms in total. The van der Waals surface area contributed by atoms with Gasteiger partial charge in [-0.15, -0.1) is 11.3 Å². The molecule has 0 aliphatic heterocycles. The van der Waals surface area contributed by atoms with Gasteiger partial charge in [-0.05, 0) is 39.9 Å². The monoisotopic (exact) mass is 312 g/mol. The number of aryl methyl sites for hydroxylation is 2. The number of Topliss-reactive ketones (excluding diaryl/α,β-unsaturated/α-hetero) is 1. The highest BCUT2D eigenvalue weighted by molar-refractivity contribution is 9.10. The molecule has 0 bridgehead atoms. The van der Waals surface area contributed by atoms with E-state index >= 15 is 0 Å². The van der Waals surface area contributed by atoms with Gasteiger partial charge in [0.2, 0.25) is 0 Å². The number of carbonyl (C=O) groups is 1. The van der Waals surface area contributed by atoms with E-state index in [1.807, 2.05) is 31.5 Å². The minimum atomic E-state index is 0.114. The van der Waals surface area contributed by atoms with Crippen LogP contribution in [0, 0.1) is 0 Å². The fourth-order valence-corrected chi connectivity index (χ4v) is 3.14. The van der Waals surface area contributed by atoms with Gasteiger partial charge in [-0.1, -0.05) is 6.92 Å². The van der Waals surface area contributed by atoms with Crippen molar-refractivity contribution in [3.05, 3.63) is 38.3 Å². The lowest BCUT2D eigenvalue weighted by Crippen LogP contribution is -2.09. The van der Waals surface area contributed by atoms with Crippen LogP contribution < -0.4 is 0 Å². The van der Waals surface area contributed by atoms with Crippen molar-refractivity contribution in [1.29, 1.82) is 0 Å². The molecule has 0 radical (unpaired) electrons. The van der Waals surface area contributed by atoms with Crippen LogP contribution in [0.15, 0.2) is 22.0 Å². The molecule has 2 aromatic rings. The van der Waals surface area contributed by atoms with Gasteiger partial charge in [0, 0.05) is 22.8 Å². The first-order chi connectivity index (χ1) is 8.11. The molecular formula is C12H13BrN2OS. The molecule has 17 heavy (non-hydrogen) atoms. The zero-order valence-corrected chi connectivity index (χ0v) is 12.1. The van der Waals surface area contributed by atoms with Crippen LogP contribution in [0.25, 0.3) is 0 Å². The first-order valence-electron chi connectivity index (χ1n) is 5.39. The normalized spacial score (nSPS) is 10.8. The van der Waals surface area contributed by atoms with Crippen LogP contribution in [0.5, 0.6) is 0 Å². The Balaban J connectivity index is 2.20. The maximum absolute atomic E-state index is 12.1. The molecule has 2 aromatic heterocycles. The van der Waals surface area contributed by atoms with Crippen LogP contribution in [0.3, 0.4) is 0 Å². The molecule has 0 aliphatic rings. The quantitative estimate of drug-likeness (QED) is 0.812. The Morgan fingerprint density at radius 3 is 2.88 bits per heavy atom. The summed E-state index contributed by atoms with van der Waals surface area (Å²) in [7, 11) is 1.82. The molecule has 0 N–H and O–H groups in total. The zero-order valence-electron chi connectivity index (χ0n) is 9.74. The molecule has 0 aromatic carbocycles. The lowest BCUT2D eigenvalue weighted by Gasteiger charge is -2.00. The number of thiophene rings is 1. The van der Waals surface area contributed by atoms with Crippen LogP contribution in [0.4, 0.5) is 0 Å². The number of hydrogen-bond acceptors (Lipinski definition) is 3. The summed E-state index contributed by atoms with van der Waals surface area (Å²) in [5, 5.41) is 6.27. The Morgan fingerprint density at radius 2 is 2.35 bits per heavy atom. The Kier molecular flexibility index (Phi) is 3.79. The first kappa shape index (κ1) is 12.5. The average molecular weight is 313 g/mol. The Hall–Kier alpha value is -0.940. The fraction of sp³-hybridized carbons (Fsp3) is 0.333. The van der Waals surface area contributed by atoms with E-state index in [2.05, 4.69) is 21.0 Å². The number of carbonyl (C=O) groups excluding carboxylic acids is 1. The number of halogens is 1. The highest BCUT2D eigenvalue weighted by Crippen LogP contribution is 2.24. The third kappa shape index (κ3) is 2.66. The minimum absolute atomic E-state index is 0.114. The highest BCUT2D eigenvalue weighted by atomic mass is 79.9. The number of hydrogen-bond donors (Lipinski definition) is 0. The summed E-state index contributed by atoms with van der Waals surface area (Å²) in [6, 6.07) is 3.85. The van der Waals surface area contributed by atoms with Gasteiger partial charge in [-0.2, -0.15) is 5.10 Å². The lowest BCUT2D eigenvalue weighted by atomic mass is 10.1. The summed E-state index contributed by atoms with van der Waals surface area (Å²) in [4.78, 5) is 13.2. The van der Waals surface area contributed by atoms with Crippen LogP contribution in [0.2, 0.25) is 0 Å². The second-order valence-corrected chi connectivity index (χ2v) is 5.64. The molecular weight excluding hydrogens is 300 g/mol. The van der Waals surface area contributed by atoms with Gasteiger partial charge in [-0.25, -0.2) is 0 Å². The van der Waals surface area contributed by atoms with E-state index in [9.17, 15) is 4.79 Å². The number of ketones is 1. The fourth-order valence-electron chi connectivity index (χ4n) is 1.65. The topological polar surface area (TPSA) is 34.9 Å². The highest BCUT2D eigenvalue weighted by Gasteiger charge is 2.15. The van der Waals surface area contributed by atoms with E-state index in [0.717, 1.165) is 21.5 Å². The van der Waals surface area contributed by atoms with Crippen molar-refractivity contribution in [2.45, 2.75) is 19.8 Å². The van der Waals surface area contributed by atoms with Gasteiger partial charge in [-0.3, -0.25) is 9.48 Å². The molecule has 0 fully saturated rings. The average Bonchev–Trinajstić information content (AvgIpc) is 2.86. The summed E-state index contributed by atoms with van der Waals surface area (Å²) in [6.07, 6.45) is 1.28. The standard InChI is InChI=1S/C12H13BrN2OS/c1-3-8-6-10(15(2)14-8)11(16)7-12-9(13)4-5-17-12/h4-6H,3,7H2,1-2H3. The third-order valence-electron chi connectivity index (χ3n) is 2.59. The summed E-state index contributed by atoms with van der Waals surface area (Å²) < 4.78 is 2.68. The van der Waals surface area contributed by atoms with E-state index in [-0.39, 0.29) is 5.78 Å². The van der Waals surface area contributed by atoms with Crippen LogP contribution >= 0.6 is 27.3 Å². The summed E-state index contributed by atoms with van der Waals surface area (Å²) >= 11 is 5.03. The summed E-state index contributed by atoms with van der Waals surface area (Å²) in [6.45, 7) is 2.03. The molecule has 0 aliphatic carbocycles. The summed E-state index contributed by atoms with van der Waals surface area (Å²) in [5.74, 6) is 0.114. The number of rotatable bonds is 4. The molecule has 2 rings (SSSR count). The van der Waals surface area contributed by atoms with Crippen molar-refractivity contribution in [3.8, 4) is 0 Å². The molecule has 0 spiro atoms. The van der Waals surface area contributed by atoms with Gasteiger partial charge >= 0.3 is 0 Å². The van der Waals surface area contributed by atoms with E-state index in [4.69, 9.17) is 0 Å². The molecule has 0 saturated heterocycles. The molecule has 0 unspecified atom stereocenters. The predicted molar refractivity (Wildman–Crippen MR) is 72.6 cm³/mol. The zero-order chi connectivity index (χ0) is 12.4. The molecule has 0 saturated carbocycles. The molecule has 0 atom stereocenters. The maximum Gasteiger partial charge on any atom is 0.186 e. The molecule has 90 valence electrons. The predicted octanol–water partition coefficient (Wildman–Crippen LogP) is 3.23. The Labute approximate surface area is 113 Å². The van der Waals surface area contributed by atoms with E-state index < -0.39 is 0 Å². The Bertz CT molecular complexity index is 544.